The monoisotopic (exact) mass is 576 g/mol. The number of halogens is 3. The predicted octanol–water partition coefficient (Wildman–Crippen LogP) is 0.642. The van der Waals surface area contributed by atoms with Gasteiger partial charge in [0.05, 0.1) is 10.5 Å². The number of nitro groups is 1. The van der Waals surface area contributed by atoms with Gasteiger partial charge >= 0.3 is 6.18 Å². The van der Waals surface area contributed by atoms with E-state index in [9.17, 15) is 47.3 Å². The van der Waals surface area contributed by atoms with Gasteiger partial charge in [0.15, 0.2) is 0 Å². The fourth-order valence-electron chi connectivity index (χ4n) is 3.58. The molecule has 1 aliphatic heterocycles. The van der Waals surface area contributed by atoms with E-state index >= 15 is 0 Å². The molecule has 39 heavy (non-hydrogen) atoms. The summed E-state index contributed by atoms with van der Waals surface area (Å²) in [4.78, 5) is 73.2. The minimum atomic E-state index is -4.43. The normalized spacial score (nSPS) is 20.7. The second kappa shape index (κ2) is 13.8. The predicted molar refractivity (Wildman–Crippen MR) is 131 cm³/mol. The molecule has 0 bridgehead atoms. The molecular formula is C22H27F3N6O7S. The van der Waals surface area contributed by atoms with E-state index in [0.29, 0.717) is 0 Å². The van der Waals surface area contributed by atoms with E-state index < -0.39 is 70.9 Å². The summed E-state index contributed by atoms with van der Waals surface area (Å²) in [5.41, 5.74) is 9.85. The van der Waals surface area contributed by atoms with Crippen molar-refractivity contribution < 1.29 is 42.1 Å². The van der Waals surface area contributed by atoms with Crippen LogP contribution in [0.5, 0.6) is 0 Å². The van der Waals surface area contributed by atoms with Crippen molar-refractivity contribution in [2.45, 2.75) is 67.7 Å². The molecule has 1 aliphatic rings. The highest BCUT2D eigenvalue weighted by atomic mass is 32.2. The number of primary amides is 2. The van der Waals surface area contributed by atoms with Crippen molar-refractivity contribution in [3.63, 3.8) is 0 Å². The van der Waals surface area contributed by atoms with E-state index in [-0.39, 0.29) is 48.3 Å². The molecule has 5 amide bonds. The fourth-order valence-corrected chi connectivity index (χ4v) is 4.65. The Balaban J connectivity index is 2.47. The Labute approximate surface area is 224 Å². The quantitative estimate of drug-likeness (QED) is 0.159. The van der Waals surface area contributed by atoms with Gasteiger partial charge in [-0.15, -0.1) is 11.8 Å². The lowest BCUT2D eigenvalue weighted by Crippen LogP contribution is -2.56. The molecule has 0 saturated heterocycles. The van der Waals surface area contributed by atoms with E-state index in [1.54, 1.807) is 0 Å². The molecule has 1 aromatic rings. The summed E-state index contributed by atoms with van der Waals surface area (Å²) in [7, 11) is 0. The van der Waals surface area contributed by atoms with Crippen molar-refractivity contribution in [2.24, 2.45) is 11.5 Å². The van der Waals surface area contributed by atoms with Gasteiger partial charge < -0.3 is 27.4 Å². The molecule has 1 heterocycles. The van der Waals surface area contributed by atoms with Gasteiger partial charge in [-0.1, -0.05) is 6.42 Å². The minimum absolute atomic E-state index is 0.143. The van der Waals surface area contributed by atoms with Crippen molar-refractivity contribution >= 4 is 47.0 Å². The van der Waals surface area contributed by atoms with Gasteiger partial charge in [0.25, 0.3) is 11.6 Å². The Hall–Kier alpha value is -3.89. The molecule has 3 unspecified atom stereocenters. The smallest absolute Gasteiger partial charge is 0.370 e. The number of hydrogen-bond acceptors (Lipinski definition) is 8. The van der Waals surface area contributed by atoms with Crippen molar-refractivity contribution in [1.82, 2.24) is 16.0 Å². The number of nitrogens with one attached hydrogen (secondary N) is 3. The zero-order valence-corrected chi connectivity index (χ0v) is 21.2. The topological polar surface area (TPSA) is 217 Å². The summed E-state index contributed by atoms with van der Waals surface area (Å²) in [5.74, 6) is -4.75. The lowest BCUT2D eigenvalue weighted by atomic mass is 10.0. The number of nitrogens with zero attached hydrogens (tertiary/aromatic N) is 1. The van der Waals surface area contributed by atoms with E-state index in [1.807, 2.05) is 0 Å². The fraction of sp³-hybridized carbons (Fsp3) is 0.500. The number of nitrogens with two attached hydrogens (primary N) is 2. The van der Waals surface area contributed by atoms with Gasteiger partial charge in [-0.25, -0.2) is 0 Å². The van der Waals surface area contributed by atoms with Crippen molar-refractivity contribution in [1.29, 1.82) is 0 Å². The Bertz CT molecular complexity index is 1130. The van der Waals surface area contributed by atoms with Gasteiger partial charge in [-0.3, -0.25) is 34.1 Å². The standard InChI is InChI=1S/C22H27F3N6O7S/c23-22(24,25)8-2-1-3-13-20(35)29-14(5-7-17(26)32)21(36)30-15(18(27)33)10-39-16-6-4-11(31(37)38)9-12(16)19(34)28-13/h4,6,9,13-15H,1-3,5,7-8,10H2,(H2,26,32)(H2,27,33)(H,28,34)(H,29,35)(H,30,36). The first-order valence-corrected chi connectivity index (χ1v) is 12.6. The van der Waals surface area contributed by atoms with Gasteiger partial charge in [0, 0.05) is 35.6 Å². The Morgan fingerprint density at radius 3 is 2.26 bits per heavy atom. The molecule has 2 rings (SSSR count). The number of non-ortho nitro benzene ring substituents is 1. The average Bonchev–Trinajstić information content (AvgIpc) is 2.84. The Morgan fingerprint density at radius 2 is 1.67 bits per heavy atom. The summed E-state index contributed by atoms with van der Waals surface area (Å²) in [5, 5.41) is 18.4. The zero-order valence-electron chi connectivity index (χ0n) is 20.4. The van der Waals surface area contributed by atoms with Crippen LogP contribution in [-0.2, 0) is 19.2 Å². The summed E-state index contributed by atoms with van der Waals surface area (Å²) in [6, 6.07) is -0.860. The first kappa shape index (κ1) is 31.3. The number of rotatable bonds is 9. The average molecular weight is 577 g/mol. The number of unbranched alkanes of at least 4 members (excludes halogenated alkanes) is 1. The number of fused-ring (bicyclic) bond motifs is 1. The number of benzene rings is 1. The SMILES string of the molecule is NC(=O)CCC1NC(=O)C(CCCCC(F)(F)F)NC(=O)c2cc([N+](=O)[O-])ccc2SCC(C(N)=O)NC1=O. The van der Waals surface area contributed by atoms with E-state index in [2.05, 4.69) is 16.0 Å². The third kappa shape index (κ3) is 10.1. The van der Waals surface area contributed by atoms with Gasteiger partial charge in [0.2, 0.25) is 23.6 Å². The van der Waals surface area contributed by atoms with Crippen LogP contribution in [0.25, 0.3) is 0 Å². The highest BCUT2D eigenvalue weighted by Gasteiger charge is 2.32. The van der Waals surface area contributed by atoms with Crippen molar-refractivity contribution in [3.8, 4) is 0 Å². The van der Waals surface area contributed by atoms with E-state index in [4.69, 9.17) is 11.5 Å². The lowest BCUT2D eigenvalue weighted by Gasteiger charge is -2.24. The second-order valence-electron chi connectivity index (χ2n) is 8.67. The van der Waals surface area contributed by atoms with Crippen LogP contribution in [0.2, 0.25) is 0 Å². The molecule has 1 aromatic carbocycles. The Morgan fingerprint density at radius 1 is 1.03 bits per heavy atom. The van der Waals surface area contributed by atoms with Gasteiger partial charge in [0.1, 0.15) is 18.1 Å². The summed E-state index contributed by atoms with van der Waals surface area (Å²) in [6.07, 6.45) is -6.94. The molecule has 3 atom stereocenters. The summed E-state index contributed by atoms with van der Waals surface area (Å²) in [6.45, 7) is 0. The van der Waals surface area contributed by atoms with Crippen molar-refractivity contribution in [3.05, 3.63) is 33.9 Å². The maximum atomic E-state index is 13.2. The second-order valence-corrected chi connectivity index (χ2v) is 9.73. The number of carbonyl (C=O) groups excluding carboxylic acids is 5. The first-order valence-electron chi connectivity index (χ1n) is 11.6. The molecule has 13 nitrogen and oxygen atoms in total. The van der Waals surface area contributed by atoms with E-state index in [0.717, 1.165) is 23.9 Å². The van der Waals surface area contributed by atoms with Crippen LogP contribution < -0.4 is 27.4 Å². The van der Waals surface area contributed by atoms with Crippen LogP contribution in [-0.4, -0.2) is 64.5 Å². The molecule has 17 heteroatoms. The van der Waals surface area contributed by atoms with Crippen molar-refractivity contribution in [2.75, 3.05) is 5.75 Å². The number of nitro benzene ring substituents is 1. The lowest BCUT2D eigenvalue weighted by molar-refractivity contribution is -0.384. The number of amides is 5. The highest BCUT2D eigenvalue weighted by Crippen LogP contribution is 2.28. The number of thioether (sulfide) groups is 1. The third-order valence-corrected chi connectivity index (χ3v) is 6.79. The number of carbonyl (C=O) groups is 5. The minimum Gasteiger partial charge on any atom is -0.370 e. The molecule has 0 fully saturated rings. The van der Waals surface area contributed by atoms with Crippen LogP contribution in [0, 0.1) is 10.1 Å². The van der Waals surface area contributed by atoms with Gasteiger partial charge in [-0.05, 0) is 25.3 Å². The summed E-state index contributed by atoms with van der Waals surface area (Å²) < 4.78 is 37.7. The van der Waals surface area contributed by atoms with Crippen LogP contribution in [0.1, 0.15) is 48.9 Å². The van der Waals surface area contributed by atoms with Crippen LogP contribution in [0.4, 0.5) is 18.9 Å². The zero-order chi connectivity index (χ0) is 29.3. The molecule has 7 N–H and O–H groups in total. The van der Waals surface area contributed by atoms with Crippen LogP contribution in [0.15, 0.2) is 23.1 Å². The molecule has 0 spiro atoms. The molecule has 0 aromatic heterocycles. The largest absolute Gasteiger partial charge is 0.389 e. The Kier molecular flexibility index (Phi) is 11.1. The number of hydrogen-bond donors (Lipinski definition) is 5. The molecule has 0 aliphatic carbocycles. The van der Waals surface area contributed by atoms with Crippen LogP contribution >= 0.6 is 11.8 Å². The molecular weight excluding hydrogens is 549 g/mol. The maximum Gasteiger partial charge on any atom is 0.389 e. The van der Waals surface area contributed by atoms with E-state index in [1.165, 1.54) is 6.07 Å². The van der Waals surface area contributed by atoms with Gasteiger partial charge in [-0.2, -0.15) is 13.2 Å². The first-order chi connectivity index (χ1) is 18.2. The molecule has 0 radical (unpaired) electrons. The molecule has 0 saturated carbocycles. The third-order valence-electron chi connectivity index (χ3n) is 5.62. The number of alkyl halides is 3. The highest BCUT2D eigenvalue weighted by molar-refractivity contribution is 7.99. The van der Waals surface area contributed by atoms with Crippen LogP contribution in [0.3, 0.4) is 0 Å². The summed E-state index contributed by atoms with van der Waals surface area (Å²) >= 11 is 0.873. The maximum absolute atomic E-state index is 13.2. The molecule has 214 valence electrons.